The number of aryl methyl sites for hydroxylation is 1. The third-order valence-electron chi connectivity index (χ3n) is 3.75. The van der Waals surface area contributed by atoms with Crippen molar-refractivity contribution in [2.24, 2.45) is 0 Å². The van der Waals surface area contributed by atoms with Crippen molar-refractivity contribution in [3.8, 4) is 11.4 Å². The number of hydrogen-bond acceptors (Lipinski definition) is 3. The monoisotopic (exact) mass is 345 g/mol. The fraction of sp³-hybridized carbons (Fsp3) is 0.412. The molecule has 1 saturated carbocycles. The second kappa shape index (κ2) is 6.14. The van der Waals surface area contributed by atoms with Gasteiger partial charge in [0.1, 0.15) is 5.82 Å². The minimum absolute atomic E-state index is 0.749. The molecule has 1 aliphatic carbocycles. The molecular weight excluding hydrogens is 326 g/mol. The SMILES string of the molecule is CCCNc1nc(-c2cccc(C3CC3)c2)nc(C)c1Br. The normalized spacial score (nSPS) is 14.2. The molecule has 0 amide bonds. The van der Waals surface area contributed by atoms with E-state index in [1.54, 1.807) is 0 Å². The smallest absolute Gasteiger partial charge is 0.161 e. The zero-order valence-electron chi connectivity index (χ0n) is 12.5. The summed E-state index contributed by atoms with van der Waals surface area (Å²) < 4.78 is 0.957. The molecule has 1 aromatic carbocycles. The fourth-order valence-electron chi connectivity index (χ4n) is 2.40. The Morgan fingerprint density at radius 2 is 2.10 bits per heavy atom. The van der Waals surface area contributed by atoms with Crippen LogP contribution in [-0.2, 0) is 0 Å². The highest BCUT2D eigenvalue weighted by molar-refractivity contribution is 9.10. The van der Waals surface area contributed by atoms with Crippen LogP contribution in [0.25, 0.3) is 11.4 Å². The third kappa shape index (κ3) is 3.26. The van der Waals surface area contributed by atoms with Crippen LogP contribution < -0.4 is 5.32 Å². The number of halogens is 1. The van der Waals surface area contributed by atoms with E-state index in [0.29, 0.717) is 0 Å². The Balaban J connectivity index is 1.97. The lowest BCUT2D eigenvalue weighted by Crippen LogP contribution is -2.06. The lowest BCUT2D eigenvalue weighted by Gasteiger charge is -2.11. The molecule has 0 atom stereocenters. The minimum Gasteiger partial charge on any atom is -0.369 e. The molecule has 0 spiro atoms. The quantitative estimate of drug-likeness (QED) is 0.836. The zero-order valence-corrected chi connectivity index (χ0v) is 14.1. The van der Waals surface area contributed by atoms with Crippen molar-refractivity contribution in [2.45, 2.75) is 39.0 Å². The Labute approximate surface area is 134 Å². The first-order valence-electron chi connectivity index (χ1n) is 7.57. The Kier molecular flexibility index (Phi) is 4.24. The summed E-state index contributed by atoms with van der Waals surface area (Å²) in [7, 11) is 0. The highest BCUT2D eigenvalue weighted by atomic mass is 79.9. The summed E-state index contributed by atoms with van der Waals surface area (Å²) in [4.78, 5) is 9.33. The summed E-state index contributed by atoms with van der Waals surface area (Å²) in [6.45, 7) is 5.07. The molecule has 1 aromatic heterocycles. The lowest BCUT2D eigenvalue weighted by atomic mass is 10.1. The van der Waals surface area contributed by atoms with Crippen LogP contribution >= 0.6 is 15.9 Å². The van der Waals surface area contributed by atoms with Gasteiger partial charge in [-0.1, -0.05) is 25.1 Å². The Hall–Kier alpha value is -1.42. The van der Waals surface area contributed by atoms with Crippen LogP contribution in [0, 0.1) is 6.92 Å². The Morgan fingerprint density at radius 3 is 2.81 bits per heavy atom. The maximum absolute atomic E-state index is 4.69. The topological polar surface area (TPSA) is 37.8 Å². The molecule has 1 N–H and O–H groups in total. The fourth-order valence-corrected chi connectivity index (χ4v) is 2.71. The highest BCUT2D eigenvalue weighted by Crippen LogP contribution is 2.41. The van der Waals surface area contributed by atoms with Crippen molar-refractivity contribution in [2.75, 3.05) is 11.9 Å². The van der Waals surface area contributed by atoms with Gasteiger partial charge in [0.15, 0.2) is 5.82 Å². The van der Waals surface area contributed by atoms with Crippen LogP contribution in [0.2, 0.25) is 0 Å². The van der Waals surface area contributed by atoms with Gasteiger partial charge >= 0.3 is 0 Å². The predicted molar refractivity (Wildman–Crippen MR) is 90.7 cm³/mol. The van der Waals surface area contributed by atoms with Gasteiger partial charge in [0.2, 0.25) is 0 Å². The molecule has 0 unspecified atom stereocenters. The molecule has 1 heterocycles. The van der Waals surface area contributed by atoms with E-state index >= 15 is 0 Å². The van der Waals surface area contributed by atoms with Crippen molar-refractivity contribution in [1.82, 2.24) is 9.97 Å². The second-order valence-electron chi connectivity index (χ2n) is 5.62. The van der Waals surface area contributed by atoms with Crippen LogP contribution in [0.5, 0.6) is 0 Å². The molecule has 0 bridgehead atoms. The standard InChI is InChI=1S/C17H20BrN3/c1-3-9-19-17-15(18)11(2)20-16(21-17)14-6-4-5-13(10-14)12-7-8-12/h4-6,10,12H,3,7-9H2,1-2H3,(H,19,20,21). The predicted octanol–water partition coefficient (Wildman–Crippen LogP) is 4.91. The summed E-state index contributed by atoms with van der Waals surface area (Å²) in [6.07, 6.45) is 3.70. The van der Waals surface area contributed by atoms with E-state index in [1.165, 1.54) is 18.4 Å². The molecule has 0 radical (unpaired) electrons. The summed E-state index contributed by atoms with van der Waals surface area (Å²) in [5.41, 5.74) is 3.49. The molecule has 3 nitrogen and oxygen atoms in total. The van der Waals surface area contributed by atoms with Crippen molar-refractivity contribution in [1.29, 1.82) is 0 Å². The van der Waals surface area contributed by atoms with Gasteiger partial charge in [0.25, 0.3) is 0 Å². The lowest BCUT2D eigenvalue weighted by molar-refractivity contribution is 0.958. The van der Waals surface area contributed by atoms with Gasteiger partial charge in [-0.3, -0.25) is 0 Å². The van der Waals surface area contributed by atoms with E-state index in [2.05, 4.69) is 57.4 Å². The molecule has 0 aliphatic heterocycles. The van der Waals surface area contributed by atoms with Gasteiger partial charge in [-0.05, 0) is 59.7 Å². The van der Waals surface area contributed by atoms with Gasteiger partial charge < -0.3 is 5.32 Å². The molecule has 4 heteroatoms. The van der Waals surface area contributed by atoms with Crippen LogP contribution in [-0.4, -0.2) is 16.5 Å². The van der Waals surface area contributed by atoms with E-state index in [4.69, 9.17) is 4.98 Å². The maximum Gasteiger partial charge on any atom is 0.161 e. The summed E-state index contributed by atoms with van der Waals surface area (Å²) in [5, 5.41) is 3.37. The number of hydrogen-bond donors (Lipinski definition) is 1. The second-order valence-corrected chi connectivity index (χ2v) is 6.41. The van der Waals surface area contributed by atoms with Crippen LogP contribution in [0.3, 0.4) is 0 Å². The van der Waals surface area contributed by atoms with Crippen molar-refractivity contribution in [3.05, 3.63) is 40.0 Å². The summed E-state index contributed by atoms with van der Waals surface area (Å²) in [6, 6.07) is 8.66. The molecule has 1 fully saturated rings. The zero-order chi connectivity index (χ0) is 14.8. The first-order valence-corrected chi connectivity index (χ1v) is 8.36. The number of anilines is 1. The number of nitrogens with zero attached hydrogens (tertiary/aromatic N) is 2. The number of nitrogens with one attached hydrogen (secondary N) is 1. The molecule has 3 rings (SSSR count). The van der Waals surface area contributed by atoms with Gasteiger partial charge in [-0.15, -0.1) is 0 Å². The van der Waals surface area contributed by atoms with Crippen LogP contribution in [0.4, 0.5) is 5.82 Å². The molecular formula is C17H20BrN3. The summed E-state index contributed by atoms with van der Waals surface area (Å²) >= 11 is 3.58. The Bertz CT molecular complexity index is 650. The minimum atomic E-state index is 0.749. The van der Waals surface area contributed by atoms with E-state index in [-0.39, 0.29) is 0 Å². The van der Waals surface area contributed by atoms with Crippen LogP contribution in [0.1, 0.15) is 43.4 Å². The first-order chi connectivity index (χ1) is 10.2. The third-order valence-corrected chi connectivity index (χ3v) is 4.70. The molecule has 21 heavy (non-hydrogen) atoms. The van der Waals surface area contributed by atoms with E-state index in [1.807, 2.05) is 6.92 Å². The van der Waals surface area contributed by atoms with Crippen LogP contribution in [0.15, 0.2) is 28.7 Å². The van der Waals surface area contributed by atoms with Gasteiger partial charge in [-0.25, -0.2) is 9.97 Å². The Morgan fingerprint density at radius 1 is 1.29 bits per heavy atom. The van der Waals surface area contributed by atoms with Crippen molar-refractivity contribution < 1.29 is 0 Å². The summed E-state index contributed by atoms with van der Waals surface area (Å²) in [5.74, 6) is 2.44. The van der Waals surface area contributed by atoms with E-state index in [9.17, 15) is 0 Å². The number of rotatable bonds is 5. The van der Waals surface area contributed by atoms with E-state index < -0.39 is 0 Å². The number of aromatic nitrogens is 2. The first kappa shape index (κ1) is 14.5. The van der Waals surface area contributed by atoms with Gasteiger partial charge in [-0.2, -0.15) is 0 Å². The molecule has 110 valence electrons. The largest absolute Gasteiger partial charge is 0.369 e. The van der Waals surface area contributed by atoms with Gasteiger partial charge in [0, 0.05) is 12.1 Å². The van der Waals surface area contributed by atoms with Crippen molar-refractivity contribution in [3.63, 3.8) is 0 Å². The van der Waals surface area contributed by atoms with Crippen molar-refractivity contribution >= 4 is 21.7 Å². The average molecular weight is 346 g/mol. The van der Waals surface area contributed by atoms with E-state index in [0.717, 1.165) is 46.3 Å². The molecule has 0 saturated heterocycles. The maximum atomic E-state index is 4.69. The highest BCUT2D eigenvalue weighted by Gasteiger charge is 2.23. The molecule has 1 aliphatic rings. The number of benzene rings is 1. The van der Waals surface area contributed by atoms with Gasteiger partial charge in [0.05, 0.1) is 10.2 Å². The molecule has 2 aromatic rings. The average Bonchev–Trinajstić information content (AvgIpc) is 3.33.